The second-order valence-corrected chi connectivity index (χ2v) is 5.59. The van der Waals surface area contributed by atoms with E-state index >= 15 is 0 Å². The summed E-state index contributed by atoms with van der Waals surface area (Å²) in [6.07, 6.45) is -0.490. The second-order valence-electron chi connectivity index (χ2n) is 5.59. The Kier molecular flexibility index (Phi) is 4.93. The number of amides is 1. The van der Waals surface area contributed by atoms with Gasteiger partial charge in [0, 0.05) is 13.1 Å². The molecule has 1 saturated heterocycles. The number of morpholine rings is 1. The van der Waals surface area contributed by atoms with Crippen LogP contribution in [0.3, 0.4) is 0 Å². The fourth-order valence-electron chi connectivity index (χ4n) is 2.65. The predicted octanol–water partition coefficient (Wildman–Crippen LogP) is 2.98. The van der Waals surface area contributed by atoms with Crippen molar-refractivity contribution >= 4 is 5.91 Å². The molecule has 0 unspecified atom stereocenters. The molecular formula is C19H21NO3. The van der Waals surface area contributed by atoms with Gasteiger partial charge in [0.25, 0.3) is 5.91 Å². The van der Waals surface area contributed by atoms with Gasteiger partial charge in [0.05, 0.1) is 13.2 Å². The van der Waals surface area contributed by atoms with Crippen molar-refractivity contribution in [3.8, 4) is 16.9 Å². The molecule has 4 heteroatoms. The molecule has 1 fully saturated rings. The summed E-state index contributed by atoms with van der Waals surface area (Å²) in [5.74, 6) is 0.722. The van der Waals surface area contributed by atoms with E-state index < -0.39 is 6.10 Å². The normalized spacial score (nSPS) is 16.0. The molecule has 1 aliphatic rings. The molecule has 1 aliphatic heterocycles. The molecule has 23 heavy (non-hydrogen) atoms. The Hall–Kier alpha value is -2.33. The van der Waals surface area contributed by atoms with E-state index in [1.165, 1.54) is 0 Å². The Morgan fingerprint density at radius 1 is 1.00 bits per heavy atom. The van der Waals surface area contributed by atoms with E-state index in [-0.39, 0.29) is 5.91 Å². The van der Waals surface area contributed by atoms with Gasteiger partial charge in [0.2, 0.25) is 0 Å². The molecule has 0 saturated carbocycles. The van der Waals surface area contributed by atoms with Crippen LogP contribution in [0.2, 0.25) is 0 Å². The van der Waals surface area contributed by atoms with Crippen molar-refractivity contribution in [3.63, 3.8) is 0 Å². The largest absolute Gasteiger partial charge is 0.481 e. The Labute approximate surface area is 136 Å². The van der Waals surface area contributed by atoms with Crippen LogP contribution in [0.15, 0.2) is 54.6 Å². The number of hydrogen-bond donors (Lipinski definition) is 0. The van der Waals surface area contributed by atoms with E-state index in [4.69, 9.17) is 9.47 Å². The zero-order valence-corrected chi connectivity index (χ0v) is 13.3. The molecule has 3 rings (SSSR count). The Morgan fingerprint density at radius 2 is 1.61 bits per heavy atom. The highest BCUT2D eigenvalue weighted by Gasteiger charge is 2.23. The van der Waals surface area contributed by atoms with Crippen molar-refractivity contribution in [1.29, 1.82) is 0 Å². The summed E-state index contributed by atoms with van der Waals surface area (Å²) in [4.78, 5) is 14.1. The topological polar surface area (TPSA) is 38.8 Å². The fraction of sp³-hybridized carbons (Fsp3) is 0.316. The second kappa shape index (κ2) is 7.29. The van der Waals surface area contributed by atoms with Gasteiger partial charge in [-0.1, -0.05) is 42.5 Å². The van der Waals surface area contributed by atoms with Gasteiger partial charge in [0.1, 0.15) is 5.75 Å². The van der Waals surface area contributed by atoms with Crippen molar-refractivity contribution in [2.45, 2.75) is 13.0 Å². The highest BCUT2D eigenvalue weighted by atomic mass is 16.5. The minimum Gasteiger partial charge on any atom is -0.481 e. The van der Waals surface area contributed by atoms with Gasteiger partial charge in [-0.2, -0.15) is 0 Å². The van der Waals surface area contributed by atoms with Crippen LogP contribution in [0.1, 0.15) is 6.92 Å². The smallest absolute Gasteiger partial charge is 0.263 e. The third-order valence-corrected chi connectivity index (χ3v) is 3.94. The van der Waals surface area contributed by atoms with Crippen LogP contribution in [0.25, 0.3) is 11.1 Å². The molecular weight excluding hydrogens is 290 g/mol. The molecule has 0 spiro atoms. The van der Waals surface area contributed by atoms with Crippen molar-refractivity contribution < 1.29 is 14.3 Å². The van der Waals surface area contributed by atoms with Gasteiger partial charge >= 0.3 is 0 Å². The SMILES string of the molecule is C[C@H](Oc1ccc(-c2ccccc2)cc1)C(=O)N1CCOCC1. The van der Waals surface area contributed by atoms with E-state index in [1.807, 2.05) is 42.5 Å². The van der Waals surface area contributed by atoms with Crippen LogP contribution in [-0.4, -0.2) is 43.2 Å². The molecule has 0 aliphatic carbocycles. The van der Waals surface area contributed by atoms with Crippen LogP contribution < -0.4 is 4.74 Å². The molecule has 0 radical (unpaired) electrons. The predicted molar refractivity (Wildman–Crippen MR) is 89.4 cm³/mol. The maximum Gasteiger partial charge on any atom is 0.263 e. The van der Waals surface area contributed by atoms with Crippen molar-refractivity contribution in [1.82, 2.24) is 4.90 Å². The van der Waals surface area contributed by atoms with Crippen LogP contribution in [-0.2, 0) is 9.53 Å². The van der Waals surface area contributed by atoms with Gasteiger partial charge in [-0.15, -0.1) is 0 Å². The quantitative estimate of drug-likeness (QED) is 0.871. The van der Waals surface area contributed by atoms with E-state index in [0.717, 1.165) is 11.1 Å². The van der Waals surface area contributed by atoms with Gasteiger partial charge in [0.15, 0.2) is 6.10 Å². The zero-order valence-electron chi connectivity index (χ0n) is 13.3. The average molecular weight is 311 g/mol. The third kappa shape index (κ3) is 3.90. The number of nitrogens with zero attached hydrogens (tertiary/aromatic N) is 1. The molecule has 2 aromatic rings. The van der Waals surface area contributed by atoms with E-state index in [2.05, 4.69) is 12.1 Å². The average Bonchev–Trinajstić information content (AvgIpc) is 2.63. The first-order valence-corrected chi connectivity index (χ1v) is 7.93. The molecule has 4 nitrogen and oxygen atoms in total. The Bertz CT molecular complexity index is 633. The summed E-state index contributed by atoms with van der Waals surface area (Å²) in [6, 6.07) is 18.0. The zero-order chi connectivity index (χ0) is 16.1. The van der Waals surface area contributed by atoms with Crippen LogP contribution in [0.4, 0.5) is 0 Å². The van der Waals surface area contributed by atoms with Crippen LogP contribution in [0, 0.1) is 0 Å². The molecule has 1 heterocycles. The summed E-state index contributed by atoms with van der Waals surface area (Å²) in [5, 5.41) is 0. The molecule has 2 aromatic carbocycles. The lowest BCUT2D eigenvalue weighted by molar-refractivity contribution is -0.142. The van der Waals surface area contributed by atoms with E-state index in [9.17, 15) is 4.79 Å². The van der Waals surface area contributed by atoms with Gasteiger partial charge in [-0.05, 0) is 30.2 Å². The number of benzene rings is 2. The number of rotatable bonds is 4. The molecule has 120 valence electrons. The maximum absolute atomic E-state index is 12.3. The summed E-state index contributed by atoms with van der Waals surface area (Å²) >= 11 is 0. The highest BCUT2D eigenvalue weighted by Crippen LogP contribution is 2.22. The lowest BCUT2D eigenvalue weighted by atomic mass is 10.1. The van der Waals surface area contributed by atoms with Crippen LogP contribution >= 0.6 is 0 Å². The Balaban J connectivity index is 1.62. The number of carbonyl (C=O) groups excluding carboxylic acids is 1. The first-order valence-electron chi connectivity index (χ1n) is 7.93. The number of hydrogen-bond acceptors (Lipinski definition) is 3. The summed E-state index contributed by atoms with van der Waals surface area (Å²) in [5.41, 5.74) is 2.29. The van der Waals surface area contributed by atoms with Gasteiger partial charge in [-0.25, -0.2) is 0 Å². The Morgan fingerprint density at radius 3 is 2.26 bits per heavy atom. The molecule has 1 atom stereocenters. The molecule has 0 N–H and O–H groups in total. The summed E-state index contributed by atoms with van der Waals surface area (Å²) < 4.78 is 11.1. The van der Waals surface area contributed by atoms with Crippen molar-refractivity contribution in [2.75, 3.05) is 26.3 Å². The van der Waals surface area contributed by atoms with Gasteiger partial charge < -0.3 is 14.4 Å². The minimum absolute atomic E-state index is 0.0143. The fourth-order valence-corrected chi connectivity index (χ4v) is 2.65. The minimum atomic E-state index is -0.490. The number of ether oxygens (including phenoxy) is 2. The van der Waals surface area contributed by atoms with E-state index in [0.29, 0.717) is 32.1 Å². The lowest BCUT2D eigenvalue weighted by Crippen LogP contribution is -2.46. The standard InChI is InChI=1S/C19H21NO3/c1-15(19(21)20-11-13-22-14-12-20)23-18-9-7-17(8-10-18)16-5-3-2-4-6-16/h2-10,15H,11-14H2,1H3/t15-/m0/s1. The molecule has 0 aromatic heterocycles. The maximum atomic E-state index is 12.3. The lowest BCUT2D eigenvalue weighted by Gasteiger charge is -2.29. The summed E-state index contributed by atoms with van der Waals surface area (Å²) in [7, 11) is 0. The highest BCUT2D eigenvalue weighted by molar-refractivity contribution is 5.81. The third-order valence-electron chi connectivity index (χ3n) is 3.94. The van der Waals surface area contributed by atoms with Crippen molar-refractivity contribution in [2.24, 2.45) is 0 Å². The first-order chi connectivity index (χ1) is 11.2. The van der Waals surface area contributed by atoms with Crippen LogP contribution in [0.5, 0.6) is 5.75 Å². The molecule has 0 bridgehead atoms. The monoisotopic (exact) mass is 311 g/mol. The number of carbonyl (C=O) groups is 1. The van der Waals surface area contributed by atoms with Gasteiger partial charge in [-0.3, -0.25) is 4.79 Å². The van der Waals surface area contributed by atoms with Crippen molar-refractivity contribution in [3.05, 3.63) is 54.6 Å². The summed E-state index contributed by atoms with van der Waals surface area (Å²) in [6.45, 7) is 4.27. The molecule has 1 amide bonds. The first kappa shape index (κ1) is 15.6. The van der Waals surface area contributed by atoms with E-state index in [1.54, 1.807) is 11.8 Å².